The Morgan fingerprint density at radius 3 is 2.37 bits per heavy atom. The predicted octanol–water partition coefficient (Wildman–Crippen LogP) is 4.58. The van der Waals surface area contributed by atoms with Gasteiger partial charge in [-0.2, -0.15) is 0 Å². The highest BCUT2D eigenvalue weighted by Gasteiger charge is 2.28. The highest BCUT2D eigenvalue weighted by molar-refractivity contribution is 6.30. The summed E-state index contributed by atoms with van der Waals surface area (Å²) in [7, 11) is 0. The van der Waals surface area contributed by atoms with Crippen molar-refractivity contribution >= 4 is 23.4 Å². The first-order valence-corrected chi connectivity index (χ1v) is 10.5. The van der Waals surface area contributed by atoms with Crippen molar-refractivity contribution in [3.05, 3.63) is 64.9 Å². The Bertz CT molecular complexity index is 812. The molecule has 0 saturated heterocycles. The van der Waals surface area contributed by atoms with Crippen molar-refractivity contribution in [2.24, 2.45) is 0 Å². The van der Waals surface area contributed by atoms with Gasteiger partial charge in [-0.15, -0.1) is 0 Å². The number of carbonyl (C=O) groups excluding carboxylic acids is 2. The van der Waals surface area contributed by atoms with Gasteiger partial charge in [0.1, 0.15) is 17.6 Å². The quantitative estimate of drug-likeness (QED) is 0.526. The molecule has 1 atom stereocenters. The van der Waals surface area contributed by atoms with Crippen LogP contribution in [0.5, 0.6) is 5.75 Å². The van der Waals surface area contributed by atoms with E-state index in [0.29, 0.717) is 36.8 Å². The largest absolute Gasteiger partial charge is 0.494 e. The summed E-state index contributed by atoms with van der Waals surface area (Å²) >= 11 is 5.86. The number of benzene rings is 2. The molecule has 0 saturated carbocycles. The van der Waals surface area contributed by atoms with Gasteiger partial charge >= 0.3 is 0 Å². The van der Waals surface area contributed by atoms with Crippen LogP contribution in [-0.2, 0) is 16.1 Å². The van der Waals surface area contributed by atoms with E-state index in [1.165, 1.54) is 12.1 Å². The van der Waals surface area contributed by atoms with Gasteiger partial charge in [0, 0.05) is 24.5 Å². The molecule has 2 amide bonds. The van der Waals surface area contributed by atoms with Gasteiger partial charge in [-0.3, -0.25) is 9.59 Å². The smallest absolute Gasteiger partial charge is 0.242 e. The minimum absolute atomic E-state index is 0.142. The Morgan fingerprint density at radius 2 is 1.77 bits per heavy atom. The number of ether oxygens (including phenoxy) is 1. The van der Waals surface area contributed by atoms with E-state index in [-0.39, 0.29) is 30.6 Å². The molecular formula is C23H28ClFN2O3. The van der Waals surface area contributed by atoms with Crippen molar-refractivity contribution in [1.82, 2.24) is 10.2 Å². The summed E-state index contributed by atoms with van der Waals surface area (Å²) < 4.78 is 18.9. The lowest BCUT2D eigenvalue weighted by atomic mass is 10.1. The van der Waals surface area contributed by atoms with Gasteiger partial charge in [-0.25, -0.2) is 4.39 Å². The standard InChI is InChI=1S/C23H28ClFN2O3/c1-3-21(23(29)26-4-2)27(16-17-7-11-19(25)12-8-17)22(28)6-5-15-30-20-13-9-18(24)10-14-20/h7-14,21H,3-6,15-16H2,1-2H3,(H,26,29)/t21-/m1/s1. The van der Waals surface area contributed by atoms with Gasteiger partial charge < -0.3 is 15.0 Å². The van der Waals surface area contributed by atoms with Crippen LogP contribution in [0.1, 0.15) is 38.7 Å². The maximum Gasteiger partial charge on any atom is 0.242 e. The Kier molecular flexibility index (Phi) is 9.61. The van der Waals surface area contributed by atoms with Crippen molar-refractivity contribution in [2.75, 3.05) is 13.2 Å². The van der Waals surface area contributed by atoms with E-state index >= 15 is 0 Å². The number of nitrogens with one attached hydrogen (secondary N) is 1. The van der Waals surface area contributed by atoms with E-state index in [2.05, 4.69) is 5.32 Å². The second kappa shape index (κ2) is 12.2. The molecule has 0 unspecified atom stereocenters. The lowest BCUT2D eigenvalue weighted by molar-refractivity contribution is -0.141. The van der Waals surface area contributed by atoms with Crippen molar-refractivity contribution in [3.8, 4) is 5.75 Å². The van der Waals surface area contributed by atoms with E-state index in [1.807, 2.05) is 13.8 Å². The topological polar surface area (TPSA) is 58.6 Å². The second-order valence-corrected chi connectivity index (χ2v) is 7.31. The Morgan fingerprint density at radius 1 is 1.10 bits per heavy atom. The molecular weight excluding hydrogens is 407 g/mol. The summed E-state index contributed by atoms with van der Waals surface area (Å²) in [5.74, 6) is 0.0144. The fourth-order valence-electron chi connectivity index (χ4n) is 3.09. The second-order valence-electron chi connectivity index (χ2n) is 6.87. The molecule has 162 valence electrons. The molecule has 0 spiro atoms. The fourth-order valence-corrected chi connectivity index (χ4v) is 3.21. The number of hydrogen-bond acceptors (Lipinski definition) is 3. The molecule has 5 nitrogen and oxygen atoms in total. The van der Waals surface area contributed by atoms with Gasteiger partial charge in [-0.05, 0) is 61.7 Å². The summed E-state index contributed by atoms with van der Waals surface area (Å²) in [6.07, 6.45) is 1.23. The van der Waals surface area contributed by atoms with Crippen LogP contribution in [0, 0.1) is 5.82 Å². The van der Waals surface area contributed by atoms with Crippen LogP contribution in [0.4, 0.5) is 4.39 Å². The first-order valence-electron chi connectivity index (χ1n) is 10.1. The summed E-state index contributed by atoms with van der Waals surface area (Å²) in [4.78, 5) is 27.1. The van der Waals surface area contributed by atoms with E-state index in [1.54, 1.807) is 41.3 Å². The maximum absolute atomic E-state index is 13.2. The molecule has 0 aliphatic carbocycles. The molecule has 7 heteroatoms. The summed E-state index contributed by atoms with van der Waals surface area (Å²) in [6.45, 7) is 4.81. The Hall–Kier alpha value is -2.60. The van der Waals surface area contributed by atoms with Crippen molar-refractivity contribution < 1.29 is 18.7 Å². The highest BCUT2D eigenvalue weighted by Crippen LogP contribution is 2.17. The first-order chi connectivity index (χ1) is 14.4. The lowest BCUT2D eigenvalue weighted by Gasteiger charge is -2.30. The third-order valence-corrected chi connectivity index (χ3v) is 4.87. The Balaban J connectivity index is 2.01. The molecule has 0 fully saturated rings. The van der Waals surface area contributed by atoms with Crippen molar-refractivity contribution in [2.45, 2.75) is 45.7 Å². The number of halogens is 2. The van der Waals surface area contributed by atoms with Crippen LogP contribution in [0.3, 0.4) is 0 Å². The Labute approximate surface area is 182 Å². The van der Waals surface area contributed by atoms with Gasteiger partial charge in [0.2, 0.25) is 11.8 Å². The van der Waals surface area contributed by atoms with Gasteiger partial charge in [-0.1, -0.05) is 30.7 Å². The molecule has 1 N–H and O–H groups in total. The molecule has 2 rings (SSSR count). The molecule has 0 heterocycles. The van der Waals surface area contributed by atoms with Crippen LogP contribution in [0.25, 0.3) is 0 Å². The van der Waals surface area contributed by atoms with Crippen LogP contribution in [0.15, 0.2) is 48.5 Å². The van der Waals surface area contributed by atoms with Gasteiger partial charge in [0.25, 0.3) is 0 Å². The molecule has 0 radical (unpaired) electrons. The maximum atomic E-state index is 13.2. The molecule has 0 aromatic heterocycles. The predicted molar refractivity (Wildman–Crippen MR) is 116 cm³/mol. The van der Waals surface area contributed by atoms with Crippen LogP contribution >= 0.6 is 11.6 Å². The van der Waals surface area contributed by atoms with Crippen LogP contribution in [-0.4, -0.2) is 35.9 Å². The third-order valence-electron chi connectivity index (χ3n) is 4.62. The number of amides is 2. The van der Waals surface area contributed by atoms with Crippen LogP contribution < -0.4 is 10.1 Å². The molecule has 0 aliphatic rings. The van der Waals surface area contributed by atoms with E-state index in [4.69, 9.17) is 16.3 Å². The SMILES string of the molecule is CCNC(=O)[C@@H](CC)N(Cc1ccc(F)cc1)C(=O)CCCOc1ccc(Cl)cc1. The van der Waals surface area contributed by atoms with Crippen molar-refractivity contribution in [1.29, 1.82) is 0 Å². The number of carbonyl (C=O) groups is 2. The number of likely N-dealkylation sites (N-methyl/N-ethyl adjacent to an activating group) is 1. The zero-order chi connectivity index (χ0) is 21.9. The normalized spacial score (nSPS) is 11.6. The number of nitrogens with zero attached hydrogens (tertiary/aromatic N) is 1. The summed E-state index contributed by atoms with van der Waals surface area (Å²) in [6, 6.07) is 12.4. The first kappa shape index (κ1) is 23.7. The monoisotopic (exact) mass is 434 g/mol. The van der Waals surface area contributed by atoms with Crippen molar-refractivity contribution in [3.63, 3.8) is 0 Å². The third kappa shape index (κ3) is 7.34. The average molecular weight is 435 g/mol. The zero-order valence-corrected chi connectivity index (χ0v) is 18.1. The van der Waals surface area contributed by atoms with E-state index in [9.17, 15) is 14.0 Å². The van der Waals surface area contributed by atoms with E-state index < -0.39 is 6.04 Å². The minimum Gasteiger partial charge on any atom is -0.494 e. The molecule has 0 bridgehead atoms. The number of hydrogen-bond donors (Lipinski definition) is 1. The minimum atomic E-state index is -0.584. The summed E-state index contributed by atoms with van der Waals surface area (Å²) in [5, 5.41) is 3.42. The van der Waals surface area contributed by atoms with Gasteiger partial charge in [0.05, 0.1) is 6.61 Å². The summed E-state index contributed by atoms with van der Waals surface area (Å²) in [5.41, 5.74) is 0.768. The van der Waals surface area contributed by atoms with Gasteiger partial charge in [0.15, 0.2) is 0 Å². The lowest BCUT2D eigenvalue weighted by Crippen LogP contribution is -2.49. The number of rotatable bonds is 11. The van der Waals surface area contributed by atoms with E-state index in [0.717, 1.165) is 5.56 Å². The van der Waals surface area contributed by atoms with Crippen LogP contribution in [0.2, 0.25) is 5.02 Å². The highest BCUT2D eigenvalue weighted by atomic mass is 35.5. The zero-order valence-electron chi connectivity index (χ0n) is 17.4. The average Bonchev–Trinajstić information content (AvgIpc) is 2.74. The molecule has 2 aromatic carbocycles. The molecule has 0 aliphatic heterocycles. The fraction of sp³-hybridized carbons (Fsp3) is 0.391. The molecule has 2 aromatic rings. The molecule has 30 heavy (non-hydrogen) atoms.